The lowest BCUT2D eigenvalue weighted by Crippen LogP contribution is -2.22. The number of hydrogen-bond donors (Lipinski definition) is 1. The Morgan fingerprint density at radius 1 is 1.18 bits per heavy atom. The van der Waals surface area contributed by atoms with Gasteiger partial charge in [-0.05, 0) is 23.9 Å². The van der Waals surface area contributed by atoms with Crippen molar-refractivity contribution in [3.05, 3.63) is 76.5 Å². The molecule has 3 rings (SSSR count). The molecule has 0 bridgehead atoms. The summed E-state index contributed by atoms with van der Waals surface area (Å²) in [6, 6.07) is 15.2. The molecule has 0 radical (unpaired) electrons. The van der Waals surface area contributed by atoms with Gasteiger partial charge in [0.05, 0.1) is 0 Å². The zero-order valence-corrected chi connectivity index (χ0v) is 13.6. The molecule has 1 atom stereocenters. The highest BCUT2D eigenvalue weighted by atomic mass is 32.1. The number of hydrogen-bond acceptors (Lipinski definition) is 3. The van der Waals surface area contributed by atoms with Crippen molar-refractivity contribution in [2.75, 3.05) is 6.54 Å². The van der Waals surface area contributed by atoms with E-state index in [0.717, 1.165) is 25.3 Å². The molecule has 0 amide bonds. The maximum absolute atomic E-state index is 4.50. The van der Waals surface area contributed by atoms with Gasteiger partial charge < -0.3 is 9.88 Å². The van der Waals surface area contributed by atoms with Gasteiger partial charge in [0.15, 0.2) is 0 Å². The fourth-order valence-electron chi connectivity index (χ4n) is 2.53. The van der Waals surface area contributed by atoms with Crippen LogP contribution in [0.4, 0.5) is 0 Å². The SMILES string of the molecule is C[C@H](NCCc1nccn1Cc1ccccc1)c1cccs1. The van der Waals surface area contributed by atoms with Crippen LogP contribution in [0.5, 0.6) is 0 Å². The normalized spacial score (nSPS) is 12.4. The Bertz CT molecular complexity index is 673. The molecule has 4 heteroatoms. The highest BCUT2D eigenvalue weighted by molar-refractivity contribution is 7.10. The lowest BCUT2D eigenvalue weighted by molar-refractivity contribution is 0.568. The van der Waals surface area contributed by atoms with Gasteiger partial charge in [-0.15, -0.1) is 11.3 Å². The quantitative estimate of drug-likeness (QED) is 0.717. The summed E-state index contributed by atoms with van der Waals surface area (Å²) in [6.45, 7) is 4.03. The molecule has 0 unspecified atom stereocenters. The van der Waals surface area contributed by atoms with Gasteiger partial charge in [-0.1, -0.05) is 36.4 Å². The lowest BCUT2D eigenvalue weighted by atomic mass is 10.2. The third-order valence-corrected chi connectivity index (χ3v) is 4.82. The highest BCUT2D eigenvalue weighted by Crippen LogP contribution is 2.17. The highest BCUT2D eigenvalue weighted by Gasteiger charge is 2.07. The molecule has 3 aromatic rings. The number of nitrogens with zero attached hydrogens (tertiary/aromatic N) is 2. The van der Waals surface area contributed by atoms with E-state index in [2.05, 4.69) is 69.8 Å². The third-order valence-electron chi connectivity index (χ3n) is 3.77. The zero-order chi connectivity index (χ0) is 15.2. The van der Waals surface area contributed by atoms with Gasteiger partial charge >= 0.3 is 0 Å². The summed E-state index contributed by atoms with van der Waals surface area (Å²) < 4.78 is 2.23. The first-order valence-electron chi connectivity index (χ1n) is 7.63. The number of imidazole rings is 1. The van der Waals surface area contributed by atoms with Crippen molar-refractivity contribution in [3.8, 4) is 0 Å². The van der Waals surface area contributed by atoms with Gasteiger partial charge in [-0.3, -0.25) is 0 Å². The topological polar surface area (TPSA) is 29.9 Å². The predicted octanol–water partition coefficient (Wildman–Crippen LogP) is 3.89. The number of benzene rings is 1. The average molecular weight is 311 g/mol. The summed E-state index contributed by atoms with van der Waals surface area (Å²) >= 11 is 1.80. The van der Waals surface area contributed by atoms with Gasteiger partial charge in [-0.25, -0.2) is 4.98 Å². The predicted molar refractivity (Wildman–Crippen MR) is 92.2 cm³/mol. The molecule has 0 aliphatic heterocycles. The minimum absolute atomic E-state index is 0.400. The van der Waals surface area contributed by atoms with Crippen LogP contribution in [0.2, 0.25) is 0 Å². The van der Waals surface area contributed by atoms with Crippen molar-refractivity contribution in [3.63, 3.8) is 0 Å². The van der Waals surface area contributed by atoms with Gasteiger partial charge in [0.2, 0.25) is 0 Å². The minimum Gasteiger partial charge on any atom is -0.330 e. The summed E-state index contributed by atoms with van der Waals surface area (Å²) in [4.78, 5) is 5.88. The van der Waals surface area contributed by atoms with Crippen molar-refractivity contribution < 1.29 is 0 Å². The van der Waals surface area contributed by atoms with E-state index >= 15 is 0 Å². The first kappa shape index (κ1) is 15.0. The Balaban J connectivity index is 1.54. The third kappa shape index (κ3) is 3.84. The molecular weight excluding hydrogens is 290 g/mol. The van der Waals surface area contributed by atoms with E-state index in [1.165, 1.54) is 10.4 Å². The Morgan fingerprint density at radius 2 is 2.05 bits per heavy atom. The van der Waals surface area contributed by atoms with E-state index in [9.17, 15) is 0 Å². The molecule has 0 fully saturated rings. The Morgan fingerprint density at radius 3 is 2.82 bits per heavy atom. The largest absolute Gasteiger partial charge is 0.330 e. The molecule has 3 nitrogen and oxygen atoms in total. The van der Waals surface area contributed by atoms with Crippen molar-refractivity contribution in [2.24, 2.45) is 0 Å². The van der Waals surface area contributed by atoms with Crippen LogP contribution in [-0.4, -0.2) is 16.1 Å². The molecule has 1 aromatic carbocycles. The van der Waals surface area contributed by atoms with Crippen LogP contribution in [0, 0.1) is 0 Å². The van der Waals surface area contributed by atoms with Crippen molar-refractivity contribution >= 4 is 11.3 Å². The van der Waals surface area contributed by atoms with E-state index in [1.54, 1.807) is 11.3 Å². The van der Waals surface area contributed by atoms with Crippen LogP contribution < -0.4 is 5.32 Å². The maximum atomic E-state index is 4.50. The molecule has 2 heterocycles. The second kappa shape index (κ2) is 7.38. The standard InChI is InChI=1S/C18H21N3S/c1-15(17-8-5-13-22-17)19-10-9-18-20-11-12-21(18)14-16-6-3-2-4-7-16/h2-8,11-13,15,19H,9-10,14H2,1H3/t15-/m0/s1. The summed E-state index contributed by atoms with van der Waals surface area (Å²) in [7, 11) is 0. The molecule has 0 saturated heterocycles. The van der Waals surface area contributed by atoms with Gasteiger partial charge in [-0.2, -0.15) is 0 Å². The number of thiophene rings is 1. The summed E-state index contributed by atoms with van der Waals surface area (Å²) in [5.74, 6) is 1.13. The minimum atomic E-state index is 0.400. The molecule has 0 aliphatic carbocycles. The summed E-state index contributed by atoms with van der Waals surface area (Å²) in [6.07, 6.45) is 4.89. The van der Waals surface area contributed by atoms with E-state index in [-0.39, 0.29) is 0 Å². The van der Waals surface area contributed by atoms with Crippen LogP contribution in [-0.2, 0) is 13.0 Å². The average Bonchev–Trinajstić information content (AvgIpc) is 3.20. The summed E-state index contributed by atoms with van der Waals surface area (Å²) in [5.41, 5.74) is 1.31. The number of rotatable bonds is 7. The maximum Gasteiger partial charge on any atom is 0.110 e. The fraction of sp³-hybridized carbons (Fsp3) is 0.278. The van der Waals surface area contributed by atoms with Gasteiger partial charge in [0, 0.05) is 42.8 Å². The molecule has 1 N–H and O–H groups in total. The Hall–Kier alpha value is -1.91. The molecular formula is C18H21N3S. The fourth-order valence-corrected chi connectivity index (χ4v) is 3.29. The first-order valence-corrected chi connectivity index (χ1v) is 8.51. The zero-order valence-electron chi connectivity index (χ0n) is 12.8. The second-order valence-electron chi connectivity index (χ2n) is 5.40. The number of nitrogens with one attached hydrogen (secondary N) is 1. The van der Waals surface area contributed by atoms with Gasteiger partial charge in [0.1, 0.15) is 5.82 Å². The smallest absolute Gasteiger partial charge is 0.110 e. The van der Waals surface area contributed by atoms with Crippen molar-refractivity contribution in [1.82, 2.24) is 14.9 Å². The van der Waals surface area contributed by atoms with Crippen LogP contribution in [0.1, 0.15) is 29.2 Å². The number of aromatic nitrogens is 2. The van der Waals surface area contributed by atoms with Crippen molar-refractivity contribution in [1.29, 1.82) is 0 Å². The van der Waals surface area contributed by atoms with E-state index < -0.39 is 0 Å². The van der Waals surface area contributed by atoms with Crippen molar-refractivity contribution in [2.45, 2.75) is 25.9 Å². The van der Waals surface area contributed by atoms with Crippen LogP contribution in [0.25, 0.3) is 0 Å². The molecule has 0 aliphatic rings. The van der Waals surface area contributed by atoms with Crippen LogP contribution in [0.15, 0.2) is 60.2 Å². The Labute approximate surface area is 135 Å². The summed E-state index contributed by atoms with van der Waals surface area (Å²) in [5, 5.41) is 5.70. The monoisotopic (exact) mass is 311 g/mol. The van der Waals surface area contributed by atoms with Crippen LogP contribution >= 0.6 is 11.3 Å². The molecule has 2 aromatic heterocycles. The van der Waals surface area contributed by atoms with E-state index in [1.807, 2.05) is 12.3 Å². The molecule has 22 heavy (non-hydrogen) atoms. The van der Waals surface area contributed by atoms with Gasteiger partial charge in [0.25, 0.3) is 0 Å². The molecule has 0 saturated carbocycles. The van der Waals surface area contributed by atoms with E-state index in [4.69, 9.17) is 0 Å². The molecule has 114 valence electrons. The Kier molecular flexibility index (Phi) is 5.03. The van der Waals surface area contributed by atoms with E-state index in [0.29, 0.717) is 6.04 Å². The second-order valence-corrected chi connectivity index (χ2v) is 6.38. The molecule has 0 spiro atoms. The lowest BCUT2D eigenvalue weighted by Gasteiger charge is -2.13. The van der Waals surface area contributed by atoms with Crippen LogP contribution in [0.3, 0.4) is 0 Å². The first-order chi connectivity index (χ1) is 10.8.